The van der Waals surface area contributed by atoms with E-state index in [1.807, 2.05) is 64.1 Å². The Morgan fingerprint density at radius 2 is 1.57 bits per heavy atom. The lowest BCUT2D eigenvalue weighted by Crippen LogP contribution is -2.15. The standard InChI is InChI=1S/C36H46O4/c1-25-26(2)28(4)34(37)33(27(25)3)22-15-10-8-6-7-9-11-16-23-40-36(39)29(5)31-20-17-21-32(24-31)35(38)30-18-13-12-14-19-30/h13,17-21,24,29H,1,6-12,14-16,22-23H2,2-5H3. The minimum absolute atomic E-state index is 0.000882. The zero-order valence-electron chi connectivity index (χ0n) is 24.9. The fourth-order valence-corrected chi connectivity index (χ4v) is 5.35. The first kappa shape index (κ1) is 31.3. The number of Topliss-reactive ketones (excluding diaryl/α,β-unsaturated/α-hetero) is 2. The zero-order chi connectivity index (χ0) is 29.1. The van der Waals surface area contributed by atoms with E-state index in [1.54, 1.807) is 6.07 Å². The molecule has 0 aromatic heterocycles. The average molecular weight is 543 g/mol. The maximum atomic E-state index is 12.8. The van der Waals surface area contributed by atoms with Gasteiger partial charge >= 0.3 is 5.97 Å². The number of ketones is 2. The smallest absolute Gasteiger partial charge is 0.313 e. The number of benzene rings is 1. The lowest BCUT2D eigenvalue weighted by Gasteiger charge is -2.21. The summed E-state index contributed by atoms with van der Waals surface area (Å²) in [6.07, 6.45) is 17.3. The predicted molar refractivity (Wildman–Crippen MR) is 163 cm³/mol. The lowest BCUT2D eigenvalue weighted by atomic mass is 9.82. The van der Waals surface area contributed by atoms with E-state index in [0.29, 0.717) is 12.2 Å². The van der Waals surface area contributed by atoms with Gasteiger partial charge in [-0.05, 0) is 88.1 Å². The van der Waals surface area contributed by atoms with Crippen LogP contribution in [0.2, 0.25) is 0 Å². The van der Waals surface area contributed by atoms with Crippen LogP contribution < -0.4 is 0 Å². The molecule has 0 heterocycles. The van der Waals surface area contributed by atoms with Crippen LogP contribution in [0, 0.1) is 0 Å². The highest BCUT2D eigenvalue weighted by molar-refractivity contribution is 6.11. The first-order chi connectivity index (χ1) is 19.2. The van der Waals surface area contributed by atoms with Gasteiger partial charge in [0.25, 0.3) is 0 Å². The Hall–Kier alpha value is -3.27. The molecule has 0 spiro atoms. The normalized spacial score (nSPS) is 16.4. The van der Waals surface area contributed by atoms with Crippen LogP contribution in [0.25, 0.3) is 0 Å². The third-order valence-electron chi connectivity index (χ3n) is 8.36. The molecule has 0 aliphatic heterocycles. The molecule has 1 atom stereocenters. The predicted octanol–water partition coefficient (Wildman–Crippen LogP) is 9.10. The van der Waals surface area contributed by atoms with Gasteiger partial charge in [-0.25, -0.2) is 0 Å². The van der Waals surface area contributed by atoms with Gasteiger partial charge in [-0.2, -0.15) is 0 Å². The van der Waals surface area contributed by atoms with Crippen molar-refractivity contribution in [3.63, 3.8) is 0 Å². The van der Waals surface area contributed by atoms with Crippen molar-refractivity contribution in [2.24, 2.45) is 0 Å². The van der Waals surface area contributed by atoms with Gasteiger partial charge < -0.3 is 4.74 Å². The minimum atomic E-state index is -0.408. The minimum Gasteiger partial charge on any atom is -0.465 e. The second-order valence-corrected chi connectivity index (χ2v) is 11.2. The molecular formula is C36H46O4. The zero-order valence-corrected chi connectivity index (χ0v) is 24.9. The summed E-state index contributed by atoms with van der Waals surface area (Å²) in [6.45, 7) is 12.3. The van der Waals surface area contributed by atoms with E-state index in [1.165, 1.54) is 19.3 Å². The van der Waals surface area contributed by atoms with Crippen LogP contribution in [0.15, 0.2) is 82.5 Å². The summed E-state index contributed by atoms with van der Waals surface area (Å²) in [5, 5.41) is 0. The summed E-state index contributed by atoms with van der Waals surface area (Å²) in [5.74, 6) is -0.452. The second-order valence-electron chi connectivity index (χ2n) is 11.2. The van der Waals surface area contributed by atoms with Crippen molar-refractivity contribution in [3.05, 3.63) is 93.6 Å². The number of allylic oxidation sites excluding steroid dienone is 9. The number of carbonyl (C=O) groups excluding carboxylic acids is 3. The van der Waals surface area contributed by atoms with Gasteiger partial charge in [0.15, 0.2) is 11.6 Å². The third-order valence-corrected chi connectivity index (χ3v) is 8.36. The molecule has 40 heavy (non-hydrogen) atoms. The molecule has 0 amide bonds. The second kappa shape index (κ2) is 15.5. The van der Waals surface area contributed by atoms with Crippen molar-refractivity contribution in [3.8, 4) is 0 Å². The number of unbranched alkanes of at least 4 members (excludes halogenated alkanes) is 7. The Morgan fingerprint density at radius 1 is 0.900 bits per heavy atom. The molecule has 1 unspecified atom stereocenters. The average Bonchev–Trinajstić information content (AvgIpc) is 2.98. The van der Waals surface area contributed by atoms with Gasteiger partial charge in [0.05, 0.1) is 12.5 Å². The van der Waals surface area contributed by atoms with Crippen molar-refractivity contribution in [2.45, 2.75) is 104 Å². The quantitative estimate of drug-likeness (QED) is 0.126. The maximum absolute atomic E-state index is 12.8. The first-order valence-electron chi connectivity index (χ1n) is 15.0. The van der Waals surface area contributed by atoms with Crippen LogP contribution in [0.4, 0.5) is 0 Å². The van der Waals surface area contributed by atoms with E-state index in [0.717, 1.165) is 90.4 Å². The van der Waals surface area contributed by atoms with Crippen LogP contribution in [0.1, 0.15) is 120 Å². The Labute approximate surface area is 241 Å². The summed E-state index contributed by atoms with van der Waals surface area (Å²) >= 11 is 0. The molecule has 4 heteroatoms. The van der Waals surface area contributed by atoms with Crippen LogP contribution in [-0.4, -0.2) is 24.1 Å². The van der Waals surface area contributed by atoms with E-state index >= 15 is 0 Å². The molecule has 1 aromatic rings. The number of ether oxygens (including phenoxy) is 1. The molecule has 0 bridgehead atoms. The number of hydrogen-bond donors (Lipinski definition) is 0. The van der Waals surface area contributed by atoms with Crippen molar-refractivity contribution in [2.75, 3.05) is 6.61 Å². The van der Waals surface area contributed by atoms with Gasteiger partial charge in [-0.3, -0.25) is 14.4 Å². The molecule has 0 radical (unpaired) electrons. The summed E-state index contributed by atoms with van der Waals surface area (Å²) in [6, 6.07) is 7.34. The molecule has 214 valence electrons. The van der Waals surface area contributed by atoms with Crippen LogP contribution in [-0.2, 0) is 14.3 Å². The van der Waals surface area contributed by atoms with E-state index in [2.05, 4.69) is 6.58 Å². The molecule has 0 N–H and O–H groups in total. The summed E-state index contributed by atoms with van der Waals surface area (Å²) in [7, 11) is 0. The van der Waals surface area contributed by atoms with Crippen LogP contribution >= 0.6 is 0 Å². The SMILES string of the molecule is C=C1C(C)=C(C)C(=O)C(CCCCCCCCCCOC(=O)C(C)c2cccc(C(=O)C3=CCCC=C3)c2)=C1C. The molecular weight excluding hydrogens is 496 g/mol. The van der Waals surface area contributed by atoms with Gasteiger partial charge in [-0.15, -0.1) is 0 Å². The van der Waals surface area contributed by atoms with E-state index in [9.17, 15) is 14.4 Å². The Balaban J connectivity index is 1.26. The van der Waals surface area contributed by atoms with Gasteiger partial charge in [0, 0.05) is 22.3 Å². The van der Waals surface area contributed by atoms with E-state index in [4.69, 9.17) is 4.74 Å². The first-order valence-corrected chi connectivity index (χ1v) is 15.0. The highest BCUT2D eigenvalue weighted by Gasteiger charge is 2.23. The van der Waals surface area contributed by atoms with Crippen molar-refractivity contribution >= 4 is 17.5 Å². The molecule has 3 rings (SSSR count). The van der Waals surface area contributed by atoms with Gasteiger partial charge in [0.2, 0.25) is 0 Å². The van der Waals surface area contributed by atoms with Crippen LogP contribution in [0.5, 0.6) is 0 Å². The molecule has 1 aromatic carbocycles. The molecule has 0 fully saturated rings. The molecule has 0 saturated carbocycles. The lowest BCUT2D eigenvalue weighted by molar-refractivity contribution is -0.145. The largest absolute Gasteiger partial charge is 0.465 e. The van der Waals surface area contributed by atoms with Gasteiger partial charge in [-0.1, -0.05) is 81.5 Å². The highest BCUT2D eigenvalue weighted by atomic mass is 16.5. The summed E-state index contributed by atoms with van der Waals surface area (Å²) in [5.41, 5.74) is 7.04. The molecule has 2 aliphatic rings. The molecule has 2 aliphatic carbocycles. The maximum Gasteiger partial charge on any atom is 0.313 e. The van der Waals surface area contributed by atoms with E-state index in [-0.39, 0.29) is 17.5 Å². The third kappa shape index (κ3) is 8.36. The number of rotatable bonds is 15. The topological polar surface area (TPSA) is 60.4 Å². The van der Waals surface area contributed by atoms with Crippen molar-refractivity contribution in [1.82, 2.24) is 0 Å². The number of esters is 1. The van der Waals surface area contributed by atoms with E-state index < -0.39 is 5.92 Å². The number of hydrogen-bond acceptors (Lipinski definition) is 4. The number of carbonyl (C=O) groups is 3. The van der Waals surface area contributed by atoms with Gasteiger partial charge in [0.1, 0.15) is 0 Å². The fraction of sp³-hybridized carbons (Fsp3) is 0.472. The van der Waals surface area contributed by atoms with Crippen molar-refractivity contribution < 1.29 is 19.1 Å². The molecule has 4 nitrogen and oxygen atoms in total. The summed E-state index contributed by atoms with van der Waals surface area (Å²) < 4.78 is 5.54. The Bertz CT molecular complexity index is 1240. The Kier molecular flexibility index (Phi) is 12.1. The summed E-state index contributed by atoms with van der Waals surface area (Å²) in [4.78, 5) is 38.0. The highest BCUT2D eigenvalue weighted by Crippen LogP contribution is 2.33. The molecule has 0 saturated heterocycles. The van der Waals surface area contributed by atoms with Crippen molar-refractivity contribution in [1.29, 1.82) is 0 Å². The Morgan fingerprint density at radius 3 is 2.25 bits per heavy atom. The van der Waals surface area contributed by atoms with Crippen LogP contribution in [0.3, 0.4) is 0 Å². The fourth-order valence-electron chi connectivity index (χ4n) is 5.35. The monoisotopic (exact) mass is 542 g/mol.